The molecule has 0 saturated carbocycles. The second-order valence-electron chi connectivity index (χ2n) is 6.58. The smallest absolute Gasteiger partial charge is 0.279 e. The number of rotatable bonds is 8. The Bertz CT molecular complexity index is 808. The number of hydrogen-bond donors (Lipinski definition) is 3. The van der Waals surface area contributed by atoms with Gasteiger partial charge in [0.05, 0.1) is 19.3 Å². The zero-order chi connectivity index (χ0) is 20.5. The Kier molecular flexibility index (Phi) is 7.68. The van der Waals surface area contributed by atoms with E-state index in [4.69, 9.17) is 9.47 Å². The molecule has 2 aromatic rings. The highest BCUT2D eigenvalue weighted by atomic mass is 16.5. The van der Waals surface area contributed by atoms with Crippen LogP contribution < -0.4 is 25.6 Å². The average molecular weight is 385 g/mol. The fourth-order valence-corrected chi connectivity index (χ4v) is 2.45. The summed E-state index contributed by atoms with van der Waals surface area (Å²) in [7, 11) is 1.55. The molecule has 2 rings (SSSR count). The molecule has 150 valence electrons. The van der Waals surface area contributed by atoms with Gasteiger partial charge in [-0.15, -0.1) is 0 Å². The third kappa shape index (κ3) is 6.19. The molecule has 0 heterocycles. The molecule has 2 amide bonds. The lowest BCUT2D eigenvalue weighted by atomic mass is 10.0. The maximum absolute atomic E-state index is 12.2. The number of para-hydroxylation sites is 2. The Morgan fingerprint density at radius 3 is 2.46 bits per heavy atom. The van der Waals surface area contributed by atoms with Crippen molar-refractivity contribution in [2.75, 3.05) is 19.0 Å². The lowest BCUT2D eigenvalue weighted by molar-refractivity contribution is -0.132. The highest BCUT2D eigenvalue weighted by molar-refractivity contribution is 5.86. The fourth-order valence-electron chi connectivity index (χ4n) is 2.45. The molecule has 0 saturated heterocycles. The van der Waals surface area contributed by atoms with Crippen molar-refractivity contribution in [3.8, 4) is 11.5 Å². The summed E-state index contributed by atoms with van der Waals surface area (Å²) in [6, 6.07) is 14.9. The molecule has 7 nitrogen and oxygen atoms in total. The van der Waals surface area contributed by atoms with Gasteiger partial charge in [-0.05, 0) is 42.7 Å². The Balaban J connectivity index is 1.79. The Labute approximate surface area is 165 Å². The number of hydrogen-bond acceptors (Lipinski definition) is 5. The van der Waals surface area contributed by atoms with Gasteiger partial charge in [-0.1, -0.05) is 38.1 Å². The highest BCUT2D eigenvalue weighted by Crippen LogP contribution is 2.22. The van der Waals surface area contributed by atoms with Crippen molar-refractivity contribution in [1.29, 1.82) is 0 Å². The molecule has 3 N–H and O–H groups in total. The second kappa shape index (κ2) is 10.2. The molecule has 1 unspecified atom stereocenters. The van der Waals surface area contributed by atoms with Gasteiger partial charge in [-0.3, -0.25) is 20.4 Å². The lowest BCUT2D eigenvalue weighted by Crippen LogP contribution is -2.48. The third-order valence-corrected chi connectivity index (χ3v) is 4.08. The topological polar surface area (TPSA) is 88.7 Å². The predicted octanol–water partition coefficient (Wildman–Crippen LogP) is 2.85. The molecule has 0 aliphatic heterocycles. The van der Waals surface area contributed by atoms with E-state index in [1.54, 1.807) is 32.2 Å². The summed E-state index contributed by atoms with van der Waals surface area (Å²) in [4.78, 5) is 24.1. The number of amides is 2. The molecule has 0 aliphatic carbocycles. The van der Waals surface area contributed by atoms with Crippen LogP contribution in [-0.2, 0) is 9.59 Å². The van der Waals surface area contributed by atoms with Crippen molar-refractivity contribution in [2.45, 2.75) is 32.8 Å². The molecule has 0 aliphatic rings. The zero-order valence-corrected chi connectivity index (χ0v) is 16.6. The normalized spacial score (nSPS) is 11.5. The first-order chi connectivity index (χ1) is 13.4. The second-order valence-corrected chi connectivity index (χ2v) is 6.58. The van der Waals surface area contributed by atoms with Crippen molar-refractivity contribution in [3.63, 3.8) is 0 Å². The van der Waals surface area contributed by atoms with Crippen LogP contribution in [0.2, 0.25) is 0 Å². The first-order valence-electron chi connectivity index (χ1n) is 9.13. The first-order valence-corrected chi connectivity index (χ1v) is 9.13. The van der Waals surface area contributed by atoms with E-state index in [2.05, 4.69) is 30.0 Å². The van der Waals surface area contributed by atoms with Crippen LogP contribution in [0.4, 0.5) is 5.69 Å². The van der Waals surface area contributed by atoms with Crippen molar-refractivity contribution in [3.05, 3.63) is 54.1 Å². The van der Waals surface area contributed by atoms with Crippen LogP contribution in [0.25, 0.3) is 0 Å². The number of benzene rings is 2. The van der Waals surface area contributed by atoms with E-state index in [0.717, 1.165) is 5.56 Å². The van der Waals surface area contributed by atoms with Crippen LogP contribution in [0, 0.1) is 0 Å². The van der Waals surface area contributed by atoms with Crippen molar-refractivity contribution in [2.24, 2.45) is 0 Å². The summed E-state index contributed by atoms with van der Waals surface area (Å²) >= 11 is 0. The van der Waals surface area contributed by atoms with Crippen molar-refractivity contribution >= 4 is 17.5 Å². The maximum Gasteiger partial charge on any atom is 0.279 e. The summed E-state index contributed by atoms with van der Waals surface area (Å²) in [5, 5.41) is 2.95. The minimum Gasteiger partial charge on any atom is -0.495 e. The molecular weight excluding hydrogens is 358 g/mol. The van der Waals surface area contributed by atoms with Gasteiger partial charge in [0, 0.05) is 0 Å². The van der Waals surface area contributed by atoms with Gasteiger partial charge in [0.1, 0.15) is 11.5 Å². The minimum atomic E-state index is -0.759. The Morgan fingerprint density at radius 1 is 1.00 bits per heavy atom. The maximum atomic E-state index is 12.2. The molecule has 0 aromatic heterocycles. The molecule has 1 atom stereocenters. The minimum absolute atomic E-state index is 0.0215. The molecule has 0 fully saturated rings. The summed E-state index contributed by atoms with van der Waals surface area (Å²) in [6.07, 6.45) is -0.759. The number of carbonyl (C=O) groups is 2. The fraction of sp³-hybridized carbons (Fsp3) is 0.333. The van der Waals surface area contributed by atoms with Gasteiger partial charge in [0.15, 0.2) is 6.10 Å². The molecule has 28 heavy (non-hydrogen) atoms. The standard InChI is InChI=1S/C21H27N3O4/c1-14(2)16-8-7-9-17(12-16)28-15(3)21(26)24-23-20(25)13-22-18-10-5-6-11-19(18)27-4/h5-12,14-15,22H,13H2,1-4H3,(H,23,25)(H,24,26). The van der Waals surface area contributed by atoms with Crippen LogP contribution in [0.5, 0.6) is 11.5 Å². The molecular formula is C21H27N3O4. The van der Waals surface area contributed by atoms with Gasteiger partial charge in [-0.25, -0.2) is 0 Å². The number of hydrazine groups is 1. The van der Waals surface area contributed by atoms with Crippen LogP contribution in [0.1, 0.15) is 32.3 Å². The third-order valence-electron chi connectivity index (χ3n) is 4.08. The Hall–Kier alpha value is -3.22. The molecule has 0 spiro atoms. The van der Waals surface area contributed by atoms with E-state index in [0.29, 0.717) is 23.1 Å². The summed E-state index contributed by atoms with van der Waals surface area (Å²) in [6.45, 7) is 5.77. The van der Waals surface area contributed by atoms with Gasteiger partial charge < -0.3 is 14.8 Å². The van der Waals surface area contributed by atoms with Crippen LogP contribution in [-0.4, -0.2) is 31.6 Å². The van der Waals surface area contributed by atoms with Crippen LogP contribution in [0.15, 0.2) is 48.5 Å². The van der Waals surface area contributed by atoms with Crippen LogP contribution >= 0.6 is 0 Å². The SMILES string of the molecule is COc1ccccc1NCC(=O)NNC(=O)C(C)Oc1cccc(C(C)C)c1. The number of anilines is 1. The van der Waals surface area contributed by atoms with E-state index < -0.39 is 17.9 Å². The molecule has 0 radical (unpaired) electrons. The predicted molar refractivity (Wildman–Crippen MR) is 108 cm³/mol. The molecule has 0 bridgehead atoms. The number of nitrogens with one attached hydrogen (secondary N) is 3. The highest BCUT2D eigenvalue weighted by Gasteiger charge is 2.16. The van der Waals surface area contributed by atoms with E-state index in [9.17, 15) is 9.59 Å². The van der Waals surface area contributed by atoms with Crippen molar-refractivity contribution in [1.82, 2.24) is 10.9 Å². The Morgan fingerprint density at radius 2 is 1.75 bits per heavy atom. The first kappa shape index (κ1) is 21.1. The van der Waals surface area contributed by atoms with E-state index >= 15 is 0 Å². The van der Waals surface area contributed by atoms with E-state index in [1.807, 2.05) is 30.3 Å². The van der Waals surface area contributed by atoms with Crippen molar-refractivity contribution < 1.29 is 19.1 Å². The number of ether oxygens (including phenoxy) is 2. The van der Waals surface area contributed by atoms with E-state index in [1.165, 1.54) is 0 Å². The number of carbonyl (C=O) groups excluding carboxylic acids is 2. The average Bonchev–Trinajstić information content (AvgIpc) is 2.70. The van der Waals surface area contributed by atoms with Gasteiger partial charge in [0.25, 0.3) is 11.8 Å². The van der Waals surface area contributed by atoms with Gasteiger partial charge in [-0.2, -0.15) is 0 Å². The van der Waals surface area contributed by atoms with Crippen LogP contribution in [0.3, 0.4) is 0 Å². The molecule has 2 aromatic carbocycles. The zero-order valence-electron chi connectivity index (χ0n) is 16.6. The quantitative estimate of drug-likeness (QED) is 0.608. The van der Waals surface area contributed by atoms with E-state index in [-0.39, 0.29) is 6.54 Å². The lowest BCUT2D eigenvalue weighted by Gasteiger charge is -2.16. The summed E-state index contributed by atoms with van der Waals surface area (Å²) in [5.41, 5.74) is 6.55. The monoisotopic (exact) mass is 385 g/mol. The number of methoxy groups -OCH3 is 1. The van der Waals surface area contributed by atoms with Gasteiger partial charge in [0.2, 0.25) is 0 Å². The summed E-state index contributed by atoms with van der Waals surface area (Å²) in [5.74, 6) is 0.763. The summed E-state index contributed by atoms with van der Waals surface area (Å²) < 4.78 is 10.9. The van der Waals surface area contributed by atoms with Gasteiger partial charge >= 0.3 is 0 Å². The molecule has 7 heteroatoms. The largest absolute Gasteiger partial charge is 0.495 e.